The van der Waals surface area contributed by atoms with Crippen molar-refractivity contribution in [2.24, 2.45) is 0 Å². The number of hydrogen-bond acceptors (Lipinski definition) is 2. The molecule has 0 amide bonds. The number of ether oxygens (including phenoxy) is 1. The van der Waals surface area contributed by atoms with E-state index in [1.54, 1.807) is 24.3 Å². The van der Waals surface area contributed by atoms with Gasteiger partial charge in [0.25, 0.3) is 0 Å². The van der Waals surface area contributed by atoms with E-state index in [0.717, 1.165) is 36.1 Å². The molecule has 25 heavy (non-hydrogen) atoms. The lowest BCUT2D eigenvalue weighted by Crippen LogP contribution is -2.05. The van der Waals surface area contributed by atoms with Crippen LogP contribution in [0.2, 0.25) is 0 Å². The molecule has 2 aromatic rings. The molecule has 2 aromatic carbocycles. The number of carbonyl (C=O) groups is 1. The highest BCUT2D eigenvalue weighted by molar-refractivity contribution is 9.10. The second-order valence-corrected chi connectivity index (χ2v) is 6.52. The Morgan fingerprint density at radius 2 is 1.84 bits per heavy atom. The molecule has 0 N–H and O–H groups in total. The summed E-state index contributed by atoms with van der Waals surface area (Å²) in [5, 5.41) is 0. The van der Waals surface area contributed by atoms with Gasteiger partial charge in [0.15, 0.2) is 0 Å². The van der Waals surface area contributed by atoms with Gasteiger partial charge in [0.1, 0.15) is 12.0 Å². The van der Waals surface area contributed by atoms with Crippen LogP contribution >= 0.6 is 15.9 Å². The van der Waals surface area contributed by atoms with Gasteiger partial charge in [0.05, 0.1) is 16.6 Å². The van der Waals surface area contributed by atoms with Crippen LogP contribution in [0.1, 0.15) is 40.7 Å². The molecule has 0 radical (unpaired) electrons. The zero-order chi connectivity index (χ0) is 18.3. The van der Waals surface area contributed by atoms with Crippen molar-refractivity contribution in [3.8, 4) is 5.75 Å². The molecule has 0 bridgehead atoms. The average Bonchev–Trinajstić information content (AvgIpc) is 2.58. The van der Waals surface area contributed by atoms with Gasteiger partial charge in [0.2, 0.25) is 0 Å². The summed E-state index contributed by atoms with van der Waals surface area (Å²) in [6.07, 6.45) is -0.447. The standard InChI is InChI=1S/C19H18BrF3O2/c20-17-12-15(13-24)8-9-18(17)25-10-3-1-2-5-14-6-4-7-16(11-14)19(21,22)23/h4,6-9,11-13H,1-3,5,10H2. The molecule has 6 heteroatoms. The van der Waals surface area contributed by atoms with Crippen LogP contribution in [0.15, 0.2) is 46.9 Å². The van der Waals surface area contributed by atoms with Gasteiger partial charge >= 0.3 is 6.18 Å². The van der Waals surface area contributed by atoms with Gasteiger partial charge in [-0.2, -0.15) is 13.2 Å². The fourth-order valence-electron chi connectivity index (χ4n) is 2.40. The van der Waals surface area contributed by atoms with E-state index in [2.05, 4.69) is 15.9 Å². The average molecular weight is 415 g/mol. The van der Waals surface area contributed by atoms with E-state index in [9.17, 15) is 18.0 Å². The molecule has 0 aliphatic heterocycles. The number of halogens is 4. The topological polar surface area (TPSA) is 26.3 Å². The number of alkyl halides is 3. The molecule has 0 saturated heterocycles. The number of hydrogen-bond donors (Lipinski definition) is 0. The Morgan fingerprint density at radius 3 is 2.52 bits per heavy atom. The molecular weight excluding hydrogens is 397 g/mol. The van der Waals surface area contributed by atoms with Crippen LogP contribution in [0, 0.1) is 0 Å². The van der Waals surface area contributed by atoms with Crippen LogP contribution in [-0.2, 0) is 12.6 Å². The molecule has 0 fully saturated rings. The zero-order valence-electron chi connectivity index (χ0n) is 13.5. The van der Waals surface area contributed by atoms with Crippen LogP contribution in [0.25, 0.3) is 0 Å². The van der Waals surface area contributed by atoms with Crippen LogP contribution in [-0.4, -0.2) is 12.9 Å². The van der Waals surface area contributed by atoms with Crippen molar-refractivity contribution in [2.45, 2.75) is 31.9 Å². The third-order valence-corrected chi connectivity index (χ3v) is 4.33. The molecule has 0 unspecified atom stereocenters. The Kier molecular flexibility index (Phi) is 7.05. The molecule has 0 heterocycles. The number of aldehydes is 1. The fourth-order valence-corrected chi connectivity index (χ4v) is 2.91. The van der Waals surface area contributed by atoms with E-state index in [0.29, 0.717) is 29.9 Å². The number of carbonyl (C=O) groups excluding carboxylic acids is 1. The molecular formula is C19H18BrF3O2. The summed E-state index contributed by atoms with van der Waals surface area (Å²) in [7, 11) is 0. The Bertz CT molecular complexity index is 714. The Morgan fingerprint density at radius 1 is 1.04 bits per heavy atom. The molecule has 2 rings (SSSR count). The van der Waals surface area contributed by atoms with Gasteiger partial charge in [0, 0.05) is 5.56 Å². The highest BCUT2D eigenvalue weighted by Crippen LogP contribution is 2.30. The first-order chi connectivity index (χ1) is 11.9. The summed E-state index contributed by atoms with van der Waals surface area (Å²) in [4.78, 5) is 10.7. The van der Waals surface area contributed by atoms with E-state index < -0.39 is 11.7 Å². The van der Waals surface area contributed by atoms with Crippen molar-refractivity contribution in [2.75, 3.05) is 6.61 Å². The predicted octanol–water partition coefficient (Wildman–Crippen LogP) is 6.07. The summed E-state index contributed by atoms with van der Waals surface area (Å²) in [6, 6.07) is 10.6. The molecule has 0 atom stereocenters. The van der Waals surface area contributed by atoms with Crippen molar-refractivity contribution in [3.05, 3.63) is 63.6 Å². The van der Waals surface area contributed by atoms with Crippen molar-refractivity contribution in [3.63, 3.8) is 0 Å². The lowest BCUT2D eigenvalue weighted by molar-refractivity contribution is -0.137. The quantitative estimate of drug-likeness (QED) is 0.386. The van der Waals surface area contributed by atoms with Gasteiger partial charge in [-0.05, 0) is 71.4 Å². The molecule has 2 nitrogen and oxygen atoms in total. The second-order valence-electron chi connectivity index (χ2n) is 5.66. The maximum atomic E-state index is 12.7. The van der Waals surface area contributed by atoms with Crippen molar-refractivity contribution < 1.29 is 22.7 Å². The Hall–Kier alpha value is -1.82. The number of rotatable bonds is 8. The molecule has 0 aromatic heterocycles. The second kappa shape index (κ2) is 9.04. The monoisotopic (exact) mass is 414 g/mol. The van der Waals surface area contributed by atoms with E-state index in [-0.39, 0.29) is 0 Å². The van der Waals surface area contributed by atoms with E-state index in [4.69, 9.17) is 4.74 Å². The van der Waals surface area contributed by atoms with Gasteiger partial charge < -0.3 is 4.74 Å². The van der Waals surface area contributed by atoms with Crippen LogP contribution < -0.4 is 4.74 Å². The molecule has 0 aliphatic rings. The molecule has 0 saturated carbocycles. The first-order valence-electron chi connectivity index (χ1n) is 7.94. The van der Waals surface area contributed by atoms with Crippen LogP contribution in [0.3, 0.4) is 0 Å². The minimum absolute atomic E-state index is 0.516. The van der Waals surface area contributed by atoms with E-state index in [1.807, 2.05) is 0 Å². The van der Waals surface area contributed by atoms with E-state index >= 15 is 0 Å². The highest BCUT2D eigenvalue weighted by Gasteiger charge is 2.30. The summed E-state index contributed by atoms with van der Waals surface area (Å²) in [6.45, 7) is 0.516. The summed E-state index contributed by atoms with van der Waals surface area (Å²) in [5.41, 5.74) is 0.667. The van der Waals surface area contributed by atoms with Crippen molar-refractivity contribution >= 4 is 22.2 Å². The van der Waals surface area contributed by atoms with Crippen molar-refractivity contribution in [1.82, 2.24) is 0 Å². The largest absolute Gasteiger partial charge is 0.492 e. The van der Waals surface area contributed by atoms with Gasteiger partial charge in [-0.3, -0.25) is 4.79 Å². The molecule has 134 valence electrons. The third-order valence-electron chi connectivity index (χ3n) is 3.71. The van der Waals surface area contributed by atoms with Crippen LogP contribution in [0.4, 0.5) is 13.2 Å². The molecule has 0 spiro atoms. The summed E-state index contributed by atoms with van der Waals surface area (Å²) >= 11 is 3.35. The summed E-state index contributed by atoms with van der Waals surface area (Å²) in [5.74, 6) is 0.670. The Balaban J connectivity index is 1.71. The predicted molar refractivity (Wildman–Crippen MR) is 94.0 cm³/mol. The third kappa shape index (κ3) is 6.20. The zero-order valence-corrected chi connectivity index (χ0v) is 15.1. The number of unbranched alkanes of at least 4 members (excludes halogenated alkanes) is 2. The van der Waals surface area contributed by atoms with Gasteiger partial charge in [-0.25, -0.2) is 0 Å². The Labute approximate surface area is 153 Å². The summed E-state index contributed by atoms with van der Waals surface area (Å²) < 4.78 is 44.3. The SMILES string of the molecule is O=Cc1ccc(OCCCCCc2cccc(C(F)(F)F)c2)c(Br)c1. The van der Waals surface area contributed by atoms with Gasteiger partial charge in [-0.15, -0.1) is 0 Å². The first kappa shape index (κ1) is 19.5. The normalized spacial score (nSPS) is 11.4. The van der Waals surface area contributed by atoms with Crippen LogP contribution in [0.5, 0.6) is 5.75 Å². The highest BCUT2D eigenvalue weighted by atomic mass is 79.9. The maximum absolute atomic E-state index is 12.7. The smallest absolute Gasteiger partial charge is 0.416 e. The lowest BCUT2D eigenvalue weighted by atomic mass is 10.0. The first-order valence-corrected chi connectivity index (χ1v) is 8.73. The minimum Gasteiger partial charge on any atom is -0.492 e. The fraction of sp³-hybridized carbons (Fsp3) is 0.316. The lowest BCUT2D eigenvalue weighted by Gasteiger charge is -2.10. The number of benzene rings is 2. The number of aryl methyl sites for hydroxylation is 1. The minimum atomic E-state index is -4.30. The van der Waals surface area contributed by atoms with Crippen molar-refractivity contribution in [1.29, 1.82) is 0 Å². The van der Waals surface area contributed by atoms with E-state index in [1.165, 1.54) is 12.1 Å². The maximum Gasteiger partial charge on any atom is 0.416 e. The van der Waals surface area contributed by atoms with Gasteiger partial charge in [-0.1, -0.05) is 18.2 Å². The molecule has 0 aliphatic carbocycles.